The highest BCUT2D eigenvalue weighted by Gasteiger charge is 2.41. The number of unbranched alkanes of at least 4 members (excludes halogenated alkanes) is 5. The van der Waals surface area contributed by atoms with Gasteiger partial charge in [-0.1, -0.05) is 51.2 Å². The molecule has 0 N–H and O–H groups in total. The predicted molar refractivity (Wildman–Crippen MR) is 112 cm³/mol. The van der Waals surface area contributed by atoms with Crippen LogP contribution in [0.25, 0.3) is 5.57 Å². The molecule has 158 valence electrons. The number of methoxy groups -OCH3 is 1. The Morgan fingerprint density at radius 3 is 2.24 bits per heavy atom. The molecule has 1 saturated heterocycles. The van der Waals surface area contributed by atoms with Gasteiger partial charge in [-0.05, 0) is 24.1 Å². The number of benzene rings is 1. The first-order valence-electron chi connectivity index (χ1n) is 10.7. The van der Waals surface area contributed by atoms with E-state index in [9.17, 15) is 9.59 Å². The van der Waals surface area contributed by atoms with Crippen LogP contribution in [0.3, 0.4) is 0 Å². The SMILES string of the molecule is CCCCCCCCN1C(=O)C(c2ccc(OC)cc2)=C(N2CCOCC2)C1=O. The minimum absolute atomic E-state index is 0.170. The highest BCUT2D eigenvalue weighted by atomic mass is 16.5. The van der Waals surface area contributed by atoms with Crippen LogP contribution in [0.4, 0.5) is 0 Å². The quantitative estimate of drug-likeness (QED) is 0.445. The number of hydrogen-bond donors (Lipinski definition) is 0. The number of hydrogen-bond acceptors (Lipinski definition) is 5. The molecule has 0 aliphatic carbocycles. The van der Waals surface area contributed by atoms with Gasteiger partial charge in [0.1, 0.15) is 11.4 Å². The summed E-state index contributed by atoms with van der Waals surface area (Å²) in [6.07, 6.45) is 6.72. The average Bonchev–Trinajstić information content (AvgIpc) is 3.01. The van der Waals surface area contributed by atoms with Crippen molar-refractivity contribution in [2.24, 2.45) is 0 Å². The first kappa shape index (κ1) is 21.4. The molecule has 0 aromatic heterocycles. The number of carbonyl (C=O) groups excluding carboxylic acids is 2. The van der Waals surface area contributed by atoms with Crippen LogP contribution in [0, 0.1) is 0 Å². The van der Waals surface area contributed by atoms with Gasteiger partial charge >= 0.3 is 0 Å². The zero-order chi connectivity index (χ0) is 20.6. The summed E-state index contributed by atoms with van der Waals surface area (Å²) in [5.41, 5.74) is 1.79. The molecule has 0 bridgehead atoms. The fraction of sp³-hybridized carbons (Fsp3) is 0.565. The van der Waals surface area contributed by atoms with Crippen LogP contribution in [0.5, 0.6) is 5.75 Å². The van der Waals surface area contributed by atoms with E-state index in [1.54, 1.807) is 7.11 Å². The molecule has 1 fully saturated rings. The molecule has 0 atom stereocenters. The Hall–Kier alpha value is -2.34. The lowest BCUT2D eigenvalue weighted by molar-refractivity contribution is -0.137. The minimum Gasteiger partial charge on any atom is -0.497 e. The molecule has 2 amide bonds. The van der Waals surface area contributed by atoms with Crippen LogP contribution in [0.15, 0.2) is 30.0 Å². The first-order valence-corrected chi connectivity index (χ1v) is 10.7. The van der Waals surface area contributed by atoms with Crippen LogP contribution < -0.4 is 4.74 Å². The zero-order valence-corrected chi connectivity index (χ0v) is 17.6. The number of imide groups is 1. The summed E-state index contributed by atoms with van der Waals surface area (Å²) in [6, 6.07) is 7.36. The number of ether oxygens (including phenoxy) is 2. The molecule has 6 heteroatoms. The van der Waals surface area contributed by atoms with Crippen molar-refractivity contribution in [3.05, 3.63) is 35.5 Å². The summed E-state index contributed by atoms with van der Waals surface area (Å²) >= 11 is 0. The molecule has 1 aromatic carbocycles. The molecule has 2 aliphatic heterocycles. The van der Waals surface area contributed by atoms with E-state index < -0.39 is 0 Å². The van der Waals surface area contributed by atoms with Gasteiger partial charge < -0.3 is 14.4 Å². The van der Waals surface area contributed by atoms with Gasteiger partial charge in [-0.3, -0.25) is 14.5 Å². The number of amides is 2. The molecule has 0 spiro atoms. The molecule has 1 aromatic rings. The lowest BCUT2D eigenvalue weighted by Gasteiger charge is -2.29. The third-order valence-electron chi connectivity index (χ3n) is 5.58. The largest absolute Gasteiger partial charge is 0.497 e. The maximum absolute atomic E-state index is 13.2. The number of nitrogens with zero attached hydrogens (tertiary/aromatic N) is 2. The van der Waals surface area contributed by atoms with Crippen molar-refractivity contribution in [3.8, 4) is 5.75 Å². The summed E-state index contributed by atoms with van der Waals surface area (Å²) in [4.78, 5) is 29.9. The molecular formula is C23H32N2O4. The van der Waals surface area contributed by atoms with Crippen molar-refractivity contribution in [3.63, 3.8) is 0 Å². The molecule has 6 nitrogen and oxygen atoms in total. The first-order chi connectivity index (χ1) is 14.2. The van der Waals surface area contributed by atoms with Gasteiger partial charge in [0.25, 0.3) is 11.8 Å². The summed E-state index contributed by atoms with van der Waals surface area (Å²) < 4.78 is 10.7. The van der Waals surface area contributed by atoms with E-state index in [1.165, 1.54) is 24.2 Å². The van der Waals surface area contributed by atoms with Crippen LogP contribution >= 0.6 is 0 Å². The number of carbonyl (C=O) groups is 2. The van der Waals surface area contributed by atoms with Crippen molar-refractivity contribution < 1.29 is 19.1 Å². The lowest BCUT2D eigenvalue weighted by atomic mass is 10.0. The van der Waals surface area contributed by atoms with E-state index in [0.29, 0.717) is 44.1 Å². The Balaban J connectivity index is 1.78. The van der Waals surface area contributed by atoms with Crippen molar-refractivity contribution in [1.29, 1.82) is 0 Å². The van der Waals surface area contributed by atoms with Crippen molar-refractivity contribution in [2.75, 3.05) is 40.0 Å². The summed E-state index contributed by atoms with van der Waals surface area (Å²) in [7, 11) is 1.61. The molecule has 0 saturated carbocycles. The molecule has 2 heterocycles. The van der Waals surface area contributed by atoms with Gasteiger partial charge in [0.05, 0.1) is 25.9 Å². The molecule has 0 radical (unpaired) electrons. The minimum atomic E-state index is -0.185. The van der Waals surface area contributed by atoms with E-state index >= 15 is 0 Å². The van der Waals surface area contributed by atoms with E-state index in [4.69, 9.17) is 9.47 Å². The molecule has 2 aliphatic rings. The summed E-state index contributed by atoms with van der Waals surface area (Å²) in [6.45, 7) is 5.06. The van der Waals surface area contributed by atoms with Gasteiger partial charge in [0.15, 0.2) is 0 Å². The molecule has 29 heavy (non-hydrogen) atoms. The molecule has 0 unspecified atom stereocenters. The Morgan fingerprint density at radius 1 is 0.931 bits per heavy atom. The van der Waals surface area contributed by atoms with E-state index in [-0.39, 0.29) is 11.8 Å². The Labute approximate surface area is 173 Å². The van der Waals surface area contributed by atoms with Crippen molar-refractivity contribution in [1.82, 2.24) is 9.80 Å². The van der Waals surface area contributed by atoms with Gasteiger partial charge in [0, 0.05) is 19.6 Å². The summed E-state index contributed by atoms with van der Waals surface area (Å²) in [5.74, 6) is 0.370. The lowest BCUT2D eigenvalue weighted by Crippen LogP contribution is -2.40. The average molecular weight is 401 g/mol. The van der Waals surface area contributed by atoms with Crippen molar-refractivity contribution in [2.45, 2.75) is 45.4 Å². The number of morpholine rings is 1. The standard InChI is InChI=1S/C23H32N2O4/c1-3-4-5-6-7-8-13-25-22(26)20(18-9-11-19(28-2)12-10-18)21(23(25)27)24-14-16-29-17-15-24/h9-12H,3-8,13-17H2,1-2H3. The van der Waals surface area contributed by atoms with Crippen LogP contribution in [0.2, 0.25) is 0 Å². The second-order valence-electron chi connectivity index (χ2n) is 7.58. The smallest absolute Gasteiger partial charge is 0.277 e. The van der Waals surface area contributed by atoms with Crippen LogP contribution in [-0.2, 0) is 14.3 Å². The van der Waals surface area contributed by atoms with Crippen LogP contribution in [-0.4, -0.2) is 61.6 Å². The second kappa shape index (κ2) is 10.4. The fourth-order valence-corrected chi connectivity index (χ4v) is 3.91. The zero-order valence-electron chi connectivity index (χ0n) is 17.6. The Kier molecular flexibility index (Phi) is 7.69. The number of rotatable bonds is 10. The third-order valence-corrected chi connectivity index (χ3v) is 5.58. The Morgan fingerprint density at radius 2 is 1.59 bits per heavy atom. The predicted octanol–water partition coefficient (Wildman–Crippen LogP) is 3.47. The Bertz CT molecular complexity index is 736. The molecular weight excluding hydrogens is 368 g/mol. The van der Waals surface area contributed by atoms with Gasteiger partial charge in [-0.15, -0.1) is 0 Å². The highest BCUT2D eigenvalue weighted by molar-refractivity contribution is 6.35. The third kappa shape index (κ3) is 4.99. The van der Waals surface area contributed by atoms with Gasteiger partial charge in [-0.25, -0.2) is 0 Å². The normalized spacial score (nSPS) is 17.4. The monoisotopic (exact) mass is 400 g/mol. The van der Waals surface area contributed by atoms with Gasteiger partial charge in [-0.2, -0.15) is 0 Å². The van der Waals surface area contributed by atoms with E-state index in [2.05, 4.69) is 6.92 Å². The van der Waals surface area contributed by atoms with E-state index in [0.717, 1.165) is 30.6 Å². The topological polar surface area (TPSA) is 59.1 Å². The highest BCUT2D eigenvalue weighted by Crippen LogP contribution is 2.33. The van der Waals surface area contributed by atoms with Crippen molar-refractivity contribution >= 4 is 17.4 Å². The second-order valence-corrected chi connectivity index (χ2v) is 7.58. The van der Waals surface area contributed by atoms with Crippen LogP contribution in [0.1, 0.15) is 51.0 Å². The van der Waals surface area contributed by atoms with E-state index in [1.807, 2.05) is 29.2 Å². The molecule has 3 rings (SSSR count). The fourth-order valence-electron chi connectivity index (χ4n) is 3.91. The summed E-state index contributed by atoms with van der Waals surface area (Å²) in [5, 5.41) is 0. The maximum Gasteiger partial charge on any atom is 0.277 e. The van der Waals surface area contributed by atoms with Gasteiger partial charge in [0.2, 0.25) is 0 Å². The maximum atomic E-state index is 13.2.